The lowest BCUT2D eigenvalue weighted by Gasteiger charge is -1.98. The molecule has 2 N–H and O–H groups in total. The minimum Gasteiger partial charge on any atom is -0.399 e. The summed E-state index contributed by atoms with van der Waals surface area (Å²) in [7, 11) is 0. The van der Waals surface area contributed by atoms with Crippen molar-refractivity contribution in [3.63, 3.8) is 0 Å². The Morgan fingerprint density at radius 3 is 2.88 bits per heavy atom. The normalized spacial score (nSPS) is 15.1. The maximum absolute atomic E-state index is 5.77. The summed E-state index contributed by atoms with van der Waals surface area (Å²) in [4.78, 5) is 4.39. The number of rotatable bonds is 3. The van der Waals surface area contributed by atoms with Gasteiger partial charge in [-0.2, -0.15) is 4.98 Å². The highest BCUT2D eigenvalue weighted by molar-refractivity contribution is 9.10. The summed E-state index contributed by atoms with van der Waals surface area (Å²) < 4.78 is 6.16. The van der Waals surface area contributed by atoms with Crippen molar-refractivity contribution < 1.29 is 4.52 Å². The molecule has 1 aliphatic rings. The zero-order valence-corrected chi connectivity index (χ0v) is 10.8. The number of halogens is 1. The molecule has 0 bridgehead atoms. The number of anilines is 1. The Balaban J connectivity index is 1.88. The van der Waals surface area contributed by atoms with Crippen molar-refractivity contribution in [1.29, 1.82) is 0 Å². The van der Waals surface area contributed by atoms with Gasteiger partial charge in [0.15, 0.2) is 5.82 Å². The zero-order chi connectivity index (χ0) is 11.8. The molecule has 1 saturated carbocycles. The zero-order valence-electron chi connectivity index (χ0n) is 9.19. The largest absolute Gasteiger partial charge is 0.399 e. The lowest BCUT2D eigenvalue weighted by atomic mass is 10.2. The van der Waals surface area contributed by atoms with E-state index in [4.69, 9.17) is 10.3 Å². The molecule has 0 aliphatic heterocycles. The van der Waals surface area contributed by atoms with Crippen molar-refractivity contribution in [2.75, 3.05) is 5.73 Å². The van der Waals surface area contributed by atoms with Gasteiger partial charge < -0.3 is 10.3 Å². The lowest BCUT2D eigenvalue weighted by molar-refractivity contribution is 0.421. The molecule has 0 radical (unpaired) electrons. The number of nitrogen functional groups attached to an aromatic ring is 1. The monoisotopic (exact) mass is 293 g/mol. The molecule has 0 atom stereocenters. The third kappa shape index (κ3) is 2.49. The molecule has 88 valence electrons. The van der Waals surface area contributed by atoms with Gasteiger partial charge in [-0.3, -0.25) is 0 Å². The molecule has 1 aromatic heterocycles. The van der Waals surface area contributed by atoms with E-state index in [9.17, 15) is 0 Å². The minimum absolute atomic E-state index is 0.536. The molecule has 1 fully saturated rings. The predicted molar refractivity (Wildman–Crippen MR) is 68.3 cm³/mol. The first-order valence-electron chi connectivity index (χ1n) is 5.60. The summed E-state index contributed by atoms with van der Waals surface area (Å²) in [5.41, 5.74) is 7.30. The topological polar surface area (TPSA) is 64.9 Å². The van der Waals surface area contributed by atoms with E-state index < -0.39 is 0 Å². The molecule has 0 amide bonds. The van der Waals surface area contributed by atoms with Gasteiger partial charge in [0.05, 0.1) is 0 Å². The van der Waals surface area contributed by atoms with Gasteiger partial charge in [0.2, 0.25) is 0 Å². The fraction of sp³-hybridized carbons (Fsp3) is 0.333. The number of aromatic nitrogens is 2. The first-order chi connectivity index (χ1) is 8.20. The summed E-state index contributed by atoms with van der Waals surface area (Å²) in [6.45, 7) is 0. The van der Waals surface area contributed by atoms with Gasteiger partial charge in [-0.05, 0) is 37.0 Å². The van der Waals surface area contributed by atoms with Crippen molar-refractivity contribution in [1.82, 2.24) is 10.1 Å². The summed E-state index contributed by atoms with van der Waals surface area (Å²) in [5.74, 6) is 2.09. The molecule has 17 heavy (non-hydrogen) atoms. The van der Waals surface area contributed by atoms with Crippen molar-refractivity contribution in [3.05, 3.63) is 28.5 Å². The predicted octanol–water partition coefficient (Wildman–Crippen LogP) is 3.03. The Morgan fingerprint density at radius 1 is 1.35 bits per heavy atom. The van der Waals surface area contributed by atoms with Crippen molar-refractivity contribution in [2.45, 2.75) is 19.3 Å². The number of hydrogen-bond acceptors (Lipinski definition) is 4. The van der Waals surface area contributed by atoms with E-state index in [2.05, 4.69) is 26.1 Å². The van der Waals surface area contributed by atoms with E-state index in [-0.39, 0.29) is 0 Å². The molecule has 2 aromatic rings. The Bertz CT molecular complexity index is 528. The van der Waals surface area contributed by atoms with E-state index in [1.807, 2.05) is 18.2 Å². The van der Waals surface area contributed by atoms with Crippen LogP contribution in [-0.4, -0.2) is 10.1 Å². The SMILES string of the molecule is Nc1cc(Br)cc(-c2nc(CC3CC3)no2)c1. The van der Waals surface area contributed by atoms with Crippen molar-refractivity contribution in [2.24, 2.45) is 5.92 Å². The van der Waals surface area contributed by atoms with E-state index in [1.54, 1.807) is 0 Å². The van der Waals surface area contributed by atoms with Crippen LogP contribution < -0.4 is 5.73 Å². The molecule has 1 heterocycles. The number of nitrogens with zero attached hydrogens (tertiary/aromatic N) is 2. The standard InChI is InChI=1S/C12H12BrN3O/c13-9-4-8(5-10(14)6-9)12-15-11(16-17-12)3-7-1-2-7/h4-7H,1-3,14H2. The first kappa shape index (κ1) is 10.8. The van der Waals surface area contributed by atoms with Gasteiger partial charge >= 0.3 is 0 Å². The Hall–Kier alpha value is -1.36. The van der Waals surface area contributed by atoms with Crippen LogP contribution in [0.3, 0.4) is 0 Å². The van der Waals surface area contributed by atoms with Gasteiger partial charge in [0, 0.05) is 22.1 Å². The van der Waals surface area contributed by atoms with Gasteiger partial charge in [0.25, 0.3) is 5.89 Å². The first-order valence-corrected chi connectivity index (χ1v) is 6.39. The number of benzene rings is 1. The quantitative estimate of drug-likeness (QED) is 0.884. The molecule has 4 nitrogen and oxygen atoms in total. The highest BCUT2D eigenvalue weighted by Crippen LogP contribution is 2.32. The average molecular weight is 294 g/mol. The van der Waals surface area contributed by atoms with Crippen LogP contribution in [0.25, 0.3) is 11.5 Å². The number of nitrogens with two attached hydrogens (primary N) is 1. The Kier molecular flexibility index (Phi) is 2.63. The molecular formula is C12H12BrN3O. The second kappa shape index (κ2) is 4.14. The smallest absolute Gasteiger partial charge is 0.258 e. The summed E-state index contributed by atoms with van der Waals surface area (Å²) in [6, 6.07) is 5.59. The van der Waals surface area contributed by atoms with E-state index >= 15 is 0 Å². The number of hydrogen-bond donors (Lipinski definition) is 1. The van der Waals surface area contributed by atoms with Crippen molar-refractivity contribution in [3.8, 4) is 11.5 Å². The summed E-state index contributed by atoms with van der Waals surface area (Å²) >= 11 is 3.40. The molecule has 0 unspecified atom stereocenters. The third-order valence-electron chi connectivity index (χ3n) is 2.80. The van der Waals surface area contributed by atoms with Crippen LogP contribution in [0.1, 0.15) is 18.7 Å². The van der Waals surface area contributed by atoms with Gasteiger partial charge in [-0.15, -0.1) is 0 Å². The van der Waals surface area contributed by atoms with Crippen molar-refractivity contribution >= 4 is 21.6 Å². The van der Waals surface area contributed by atoms with Crippen LogP contribution in [-0.2, 0) is 6.42 Å². The van der Waals surface area contributed by atoms with Crippen LogP contribution in [0.5, 0.6) is 0 Å². The highest BCUT2D eigenvalue weighted by Gasteiger charge is 2.24. The van der Waals surface area contributed by atoms with Crippen LogP contribution >= 0.6 is 15.9 Å². The van der Waals surface area contributed by atoms with E-state index in [0.29, 0.717) is 11.6 Å². The molecule has 3 rings (SSSR count). The van der Waals surface area contributed by atoms with Crippen LogP contribution in [0, 0.1) is 5.92 Å². The van der Waals surface area contributed by atoms with E-state index in [0.717, 1.165) is 28.2 Å². The highest BCUT2D eigenvalue weighted by atomic mass is 79.9. The van der Waals surface area contributed by atoms with Gasteiger partial charge in [-0.1, -0.05) is 21.1 Å². The summed E-state index contributed by atoms with van der Waals surface area (Å²) in [5, 5.41) is 3.99. The molecular weight excluding hydrogens is 282 g/mol. The molecule has 1 aromatic carbocycles. The van der Waals surface area contributed by atoms with Gasteiger partial charge in [0.1, 0.15) is 0 Å². The van der Waals surface area contributed by atoms with Crippen LogP contribution in [0.4, 0.5) is 5.69 Å². The van der Waals surface area contributed by atoms with Gasteiger partial charge in [-0.25, -0.2) is 0 Å². The fourth-order valence-electron chi connectivity index (χ4n) is 1.77. The lowest BCUT2D eigenvalue weighted by Crippen LogP contribution is -1.90. The summed E-state index contributed by atoms with van der Waals surface area (Å²) in [6.07, 6.45) is 3.49. The third-order valence-corrected chi connectivity index (χ3v) is 3.26. The molecule has 5 heteroatoms. The Morgan fingerprint density at radius 2 is 2.18 bits per heavy atom. The molecule has 1 aliphatic carbocycles. The molecule has 0 saturated heterocycles. The van der Waals surface area contributed by atoms with E-state index in [1.165, 1.54) is 12.8 Å². The average Bonchev–Trinajstić information content (AvgIpc) is 2.93. The second-order valence-corrected chi connectivity index (χ2v) is 5.35. The molecule has 0 spiro atoms. The maximum atomic E-state index is 5.77. The van der Waals surface area contributed by atoms with Crippen LogP contribution in [0.15, 0.2) is 27.2 Å². The maximum Gasteiger partial charge on any atom is 0.258 e. The van der Waals surface area contributed by atoms with Crippen LogP contribution in [0.2, 0.25) is 0 Å². The minimum atomic E-state index is 0.536. The second-order valence-electron chi connectivity index (χ2n) is 4.44. The Labute approximate surface area is 107 Å². The fourth-order valence-corrected chi connectivity index (χ4v) is 2.28.